The maximum Gasteiger partial charge on any atom is 0.150 e. The number of hydrogen-bond donors (Lipinski definition) is 1. The van der Waals surface area contributed by atoms with Crippen molar-refractivity contribution in [1.29, 1.82) is 0 Å². The highest BCUT2D eigenvalue weighted by atomic mass is 15.4. The summed E-state index contributed by atoms with van der Waals surface area (Å²) in [6.07, 6.45) is 3.87. The van der Waals surface area contributed by atoms with Gasteiger partial charge in [0.25, 0.3) is 0 Å². The van der Waals surface area contributed by atoms with Gasteiger partial charge in [0.1, 0.15) is 0 Å². The first-order chi connectivity index (χ1) is 8.54. The minimum absolute atomic E-state index is 0.359. The highest BCUT2D eigenvalue weighted by Gasteiger charge is 2.25. The molecule has 4 nitrogen and oxygen atoms in total. The number of piperidine rings is 1. The van der Waals surface area contributed by atoms with Gasteiger partial charge in [-0.05, 0) is 39.5 Å². The molecule has 0 bridgehead atoms. The Kier molecular flexibility index (Phi) is 3.83. The molecule has 1 fully saturated rings. The Morgan fingerprint density at radius 2 is 2.17 bits per heavy atom. The molecule has 1 unspecified atom stereocenters. The summed E-state index contributed by atoms with van der Waals surface area (Å²) in [5.74, 6) is 1.94. The summed E-state index contributed by atoms with van der Waals surface area (Å²) in [7, 11) is 0. The van der Waals surface area contributed by atoms with E-state index in [1.165, 1.54) is 19.3 Å². The van der Waals surface area contributed by atoms with E-state index in [1.54, 1.807) is 0 Å². The molecule has 1 saturated heterocycles. The summed E-state index contributed by atoms with van der Waals surface area (Å²) in [6, 6.07) is 0.359. The third-order valence-corrected chi connectivity index (χ3v) is 3.99. The number of aryl methyl sites for hydroxylation is 1. The zero-order valence-corrected chi connectivity index (χ0v) is 12.1. The smallest absolute Gasteiger partial charge is 0.150 e. The normalized spacial score (nSPS) is 20.7. The average molecular weight is 250 g/mol. The number of rotatable bonds is 3. The Balaban J connectivity index is 2.31. The van der Waals surface area contributed by atoms with E-state index >= 15 is 0 Å². The SMILES string of the molecule is CCC1CCCN(c2c(N)c(C)nn2C(C)C)C1. The van der Waals surface area contributed by atoms with Crippen molar-refractivity contribution in [2.24, 2.45) is 5.92 Å². The fourth-order valence-electron chi connectivity index (χ4n) is 2.81. The zero-order valence-electron chi connectivity index (χ0n) is 12.1. The lowest BCUT2D eigenvalue weighted by molar-refractivity contribution is 0.395. The predicted octanol–water partition coefficient (Wildman–Crippen LogP) is 2.98. The van der Waals surface area contributed by atoms with Gasteiger partial charge in [-0.15, -0.1) is 0 Å². The molecule has 4 heteroatoms. The summed E-state index contributed by atoms with van der Waals surface area (Å²) in [6.45, 7) is 10.8. The zero-order chi connectivity index (χ0) is 13.3. The van der Waals surface area contributed by atoms with E-state index in [4.69, 9.17) is 5.73 Å². The van der Waals surface area contributed by atoms with Gasteiger partial charge < -0.3 is 10.6 Å². The van der Waals surface area contributed by atoms with Crippen molar-refractivity contribution in [2.75, 3.05) is 23.7 Å². The molecular weight excluding hydrogens is 224 g/mol. The lowest BCUT2D eigenvalue weighted by Crippen LogP contribution is -2.37. The van der Waals surface area contributed by atoms with Crippen LogP contribution in [0.1, 0.15) is 51.8 Å². The topological polar surface area (TPSA) is 47.1 Å². The molecule has 1 atom stereocenters. The van der Waals surface area contributed by atoms with E-state index in [0.29, 0.717) is 6.04 Å². The highest BCUT2D eigenvalue weighted by Crippen LogP contribution is 2.32. The Hall–Kier alpha value is -1.19. The maximum absolute atomic E-state index is 6.23. The molecule has 1 aliphatic heterocycles. The minimum atomic E-state index is 0.359. The molecule has 0 spiro atoms. The molecule has 1 aliphatic rings. The van der Waals surface area contributed by atoms with Crippen molar-refractivity contribution < 1.29 is 0 Å². The van der Waals surface area contributed by atoms with Crippen molar-refractivity contribution >= 4 is 11.5 Å². The minimum Gasteiger partial charge on any atom is -0.394 e. The number of nitrogens with two attached hydrogens (primary N) is 1. The van der Waals surface area contributed by atoms with Crippen LogP contribution in [0.15, 0.2) is 0 Å². The fraction of sp³-hybridized carbons (Fsp3) is 0.786. The first kappa shape index (κ1) is 13.2. The van der Waals surface area contributed by atoms with E-state index in [-0.39, 0.29) is 0 Å². The Morgan fingerprint density at radius 1 is 1.44 bits per heavy atom. The lowest BCUT2D eigenvalue weighted by atomic mass is 9.95. The summed E-state index contributed by atoms with van der Waals surface area (Å²) < 4.78 is 2.09. The second kappa shape index (κ2) is 5.21. The van der Waals surface area contributed by atoms with E-state index in [0.717, 1.165) is 36.2 Å². The quantitative estimate of drug-likeness (QED) is 0.897. The van der Waals surface area contributed by atoms with Gasteiger partial charge in [-0.3, -0.25) is 0 Å². The van der Waals surface area contributed by atoms with Crippen molar-refractivity contribution in [3.8, 4) is 0 Å². The number of anilines is 2. The summed E-state index contributed by atoms with van der Waals surface area (Å²) in [5, 5.41) is 4.59. The lowest BCUT2D eigenvalue weighted by Gasteiger charge is -2.34. The number of aromatic nitrogens is 2. The monoisotopic (exact) mass is 250 g/mol. The Bertz CT molecular complexity index is 408. The van der Waals surface area contributed by atoms with Crippen LogP contribution in [0.5, 0.6) is 0 Å². The fourth-order valence-corrected chi connectivity index (χ4v) is 2.81. The van der Waals surface area contributed by atoms with Crippen molar-refractivity contribution in [3.63, 3.8) is 0 Å². The van der Waals surface area contributed by atoms with Crippen LogP contribution in [0, 0.1) is 12.8 Å². The van der Waals surface area contributed by atoms with Crippen LogP contribution < -0.4 is 10.6 Å². The first-order valence-corrected chi connectivity index (χ1v) is 7.14. The van der Waals surface area contributed by atoms with Crippen LogP contribution in [-0.4, -0.2) is 22.9 Å². The van der Waals surface area contributed by atoms with Crippen LogP contribution in [0.4, 0.5) is 11.5 Å². The van der Waals surface area contributed by atoms with E-state index in [2.05, 4.69) is 35.5 Å². The molecule has 0 aliphatic carbocycles. The van der Waals surface area contributed by atoms with Crippen LogP contribution in [0.25, 0.3) is 0 Å². The second-order valence-electron chi connectivity index (χ2n) is 5.72. The summed E-state index contributed by atoms with van der Waals surface area (Å²) >= 11 is 0. The maximum atomic E-state index is 6.23. The third-order valence-electron chi connectivity index (χ3n) is 3.99. The molecule has 102 valence electrons. The van der Waals surface area contributed by atoms with E-state index in [1.807, 2.05) is 6.92 Å². The molecule has 0 saturated carbocycles. The Morgan fingerprint density at radius 3 is 2.78 bits per heavy atom. The van der Waals surface area contributed by atoms with Crippen LogP contribution in [-0.2, 0) is 0 Å². The van der Waals surface area contributed by atoms with Crippen LogP contribution in [0.3, 0.4) is 0 Å². The van der Waals surface area contributed by atoms with Crippen molar-refractivity contribution in [3.05, 3.63) is 5.69 Å². The van der Waals surface area contributed by atoms with Crippen LogP contribution in [0.2, 0.25) is 0 Å². The molecule has 0 amide bonds. The van der Waals surface area contributed by atoms with Gasteiger partial charge in [-0.1, -0.05) is 13.3 Å². The van der Waals surface area contributed by atoms with E-state index < -0.39 is 0 Å². The highest BCUT2D eigenvalue weighted by molar-refractivity contribution is 5.66. The molecule has 2 N–H and O–H groups in total. The summed E-state index contributed by atoms with van der Waals surface area (Å²) in [5.41, 5.74) is 8.05. The van der Waals surface area contributed by atoms with Gasteiger partial charge in [-0.25, -0.2) is 4.68 Å². The number of nitrogens with zero attached hydrogens (tertiary/aromatic N) is 3. The molecule has 1 aromatic heterocycles. The number of hydrogen-bond acceptors (Lipinski definition) is 3. The van der Waals surface area contributed by atoms with Gasteiger partial charge in [0.15, 0.2) is 5.82 Å². The van der Waals surface area contributed by atoms with Crippen molar-refractivity contribution in [2.45, 2.75) is 53.0 Å². The molecule has 0 aromatic carbocycles. The van der Waals surface area contributed by atoms with Gasteiger partial charge in [0, 0.05) is 19.1 Å². The standard InChI is InChI=1S/C14H26N4/c1-5-12-7-6-8-17(9-12)14-13(15)11(4)16-18(14)10(2)3/h10,12H,5-9,15H2,1-4H3. The number of nitrogen functional groups attached to an aromatic ring is 1. The third kappa shape index (κ3) is 2.33. The first-order valence-electron chi connectivity index (χ1n) is 7.14. The second-order valence-corrected chi connectivity index (χ2v) is 5.72. The molecule has 18 heavy (non-hydrogen) atoms. The molecule has 2 rings (SSSR count). The molecular formula is C14H26N4. The van der Waals surface area contributed by atoms with Gasteiger partial charge in [-0.2, -0.15) is 5.10 Å². The largest absolute Gasteiger partial charge is 0.394 e. The van der Waals surface area contributed by atoms with E-state index in [9.17, 15) is 0 Å². The van der Waals surface area contributed by atoms with Crippen LogP contribution >= 0.6 is 0 Å². The Labute approximate surface area is 110 Å². The van der Waals surface area contributed by atoms with Gasteiger partial charge in [0.05, 0.1) is 11.4 Å². The van der Waals surface area contributed by atoms with Gasteiger partial charge >= 0.3 is 0 Å². The molecule has 0 radical (unpaired) electrons. The van der Waals surface area contributed by atoms with Crippen molar-refractivity contribution in [1.82, 2.24) is 9.78 Å². The molecule has 2 heterocycles. The summed E-state index contributed by atoms with van der Waals surface area (Å²) in [4.78, 5) is 2.44. The molecule has 1 aromatic rings. The predicted molar refractivity (Wildman–Crippen MR) is 77.0 cm³/mol. The average Bonchev–Trinajstić information content (AvgIpc) is 2.66. The van der Waals surface area contributed by atoms with Gasteiger partial charge in [0.2, 0.25) is 0 Å².